The Morgan fingerprint density at radius 3 is 2.62 bits per heavy atom. The second-order valence-electron chi connectivity index (χ2n) is 6.11. The molecule has 0 spiro atoms. The molecule has 2 rings (SSSR count). The Bertz CT molecular complexity index is 470. The Kier molecular flexibility index (Phi) is 5.25. The molecule has 1 aromatic rings. The van der Waals surface area contributed by atoms with E-state index in [-0.39, 0.29) is 6.54 Å². The first kappa shape index (κ1) is 16.3. The molecule has 0 aliphatic heterocycles. The van der Waals surface area contributed by atoms with Crippen LogP contribution < -0.4 is 5.32 Å². The fourth-order valence-corrected chi connectivity index (χ4v) is 3.08. The molecule has 0 radical (unpaired) electrons. The molecule has 2 atom stereocenters. The van der Waals surface area contributed by atoms with Gasteiger partial charge in [-0.05, 0) is 55.0 Å². The Balaban J connectivity index is 1.89. The monoisotopic (exact) mass is 303 g/mol. The topological polar surface area (TPSA) is 12.0 Å². The number of hydrogen-bond acceptors (Lipinski definition) is 1. The second-order valence-corrected chi connectivity index (χ2v) is 6.11. The zero-order chi connectivity index (χ0) is 15.5. The number of alkyl halides is 3. The van der Waals surface area contributed by atoms with Crippen LogP contribution in [0.4, 0.5) is 17.6 Å². The number of rotatable bonds is 4. The van der Waals surface area contributed by atoms with Crippen molar-refractivity contribution in [2.24, 2.45) is 11.8 Å². The van der Waals surface area contributed by atoms with Crippen molar-refractivity contribution in [1.29, 1.82) is 0 Å². The molecule has 0 amide bonds. The molecule has 0 saturated heterocycles. The Morgan fingerprint density at radius 2 is 1.95 bits per heavy atom. The molecule has 1 aliphatic carbocycles. The zero-order valence-corrected chi connectivity index (χ0v) is 12.1. The maximum absolute atomic E-state index is 13.3. The lowest BCUT2D eigenvalue weighted by molar-refractivity contribution is -0.137. The minimum atomic E-state index is -4.50. The molecular formula is C16H21F4N. The Hall–Kier alpha value is -1.10. The van der Waals surface area contributed by atoms with Gasteiger partial charge in [0.2, 0.25) is 0 Å². The average molecular weight is 303 g/mol. The zero-order valence-electron chi connectivity index (χ0n) is 12.1. The summed E-state index contributed by atoms with van der Waals surface area (Å²) >= 11 is 0. The highest BCUT2D eigenvalue weighted by molar-refractivity contribution is 5.26. The molecule has 1 aromatic carbocycles. The Morgan fingerprint density at radius 1 is 1.19 bits per heavy atom. The van der Waals surface area contributed by atoms with Crippen LogP contribution in [0.25, 0.3) is 0 Å². The average Bonchev–Trinajstić information content (AvgIpc) is 2.37. The summed E-state index contributed by atoms with van der Waals surface area (Å²) in [6.07, 6.45) is 0.287. The molecule has 5 heteroatoms. The molecule has 21 heavy (non-hydrogen) atoms. The van der Waals surface area contributed by atoms with E-state index in [1.807, 2.05) is 0 Å². The van der Waals surface area contributed by atoms with Crippen LogP contribution in [-0.2, 0) is 12.7 Å². The number of hydrogen-bond donors (Lipinski definition) is 1. The van der Waals surface area contributed by atoms with Gasteiger partial charge in [-0.2, -0.15) is 13.2 Å². The predicted molar refractivity (Wildman–Crippen MR) is 74.2 cm³/mol. The lowest BCUT2D eigenvalue weighted by Gasteiger charge is -2.26. The summed E-state index contributed by atoms with van der Waals surface area (Å²) in [6.45, 7) is 3.28. The van der Waals surface area contributed by atoms with E-state index in [2.05, 4.69) is 12.2 Å². The van der Waals surface area contributed by atoms with Crippen molar-refractivity contribution in [2.75, 3.05) is 6.54 Å². The maximum Gasteiger partial charge on any atom is 0.416 e. The van der Waals surface area contributed by atoms with Gasteiger partial charge < -0.3 is 5.32 Å². The highest BCUT2D eigenvalue weighted by Gasteiger charge is 2.31. The van der Waals surface area contributed by atoms with E-state index >= 15 is 0 Å². The lowest BCUT2D eigenvalue weighted by Crippen LogP contribution is -2.26. The van der Waals surface area contributed by atoms with E-state index in [1.54, 1.807) is 0 Å². The first-order chi connectivity index (χ1) is 9.84. The van der Waals surface area contributed by atoms with E-state index in [1.165, 1.54) is 12.8 Å². The summed E-state index contributed by atoms with van der Waals surface area (Å²) in [5, 5.41) is 3.16. The summed E-state index contributed by atoms with van der Waals surface area (Å²) in [7, 11) is 0. The van der Waals surface area contributed by atoms with Crippen molar-refractivity contribution >= 4 is 0 Å². The molecule has 1 aliphatic rings. The molecule has 0 bridgehead atoms. The van der Waals surface area contributed by atoms with Crippen molar-refractivity contribution in [3.63, 3.8) is 0 Å². The van der Waals surface area contributed by atoms with Gasteiger partial charge in [0.1, 0.15) is 5.82 Å². The van der Waals surface area contributed by atoms with Gasteiger partial charge in [0, 0.05) is 6.54 Å². The third kappa shape index (κ3) is 4.99. The first-order valence-corrected chi connectivity index (χ1v) is 7.42. The maximum atomic E-state index is 13.3. The van der Waals surface area contributed by atoms with E-state index in [0.717, 1.165) is 37.4 Å². The summed E-state index contributed by atoms with van der Waals surface area (Å²) in [5.74, 6) is 0.453. The minimum absolute atomic E-state index is 0.270. The highest BCUT2D eigenvalue weighted by atomic mass is 19.4. The van der Waals surface area contributed by atoms with Crippen molar-refractivity contribution in [3.8, 4) is 0 Å². The van der Waals surface area contributed by atoms with Crippen LogP contribution in [0.2, 0.25) is 0 Å². The van der Waals surface area contributed by atoms with Gasteiger partial charge in [-0.15, -0.1) is 0 Å². The fraction of sp³-hybridized carbons (Fsp3) is 0.625. The largest absolute Gasteiger partial charge is 0.416 e. The fourth-order valence-electron chi connectivity index (χ4n) is 3.08. The lowest BCUT2D eigenvalue weighted by atomic mass is 9.82. The third-order valence-electron chi connectivity index (χ3n) is 4.09. The van der Waals surface area contributed by atoms with Crippen LogP contribution in [0.15, 0.2) is 18.2 Å². The van der Waals surface area contributed by atoms with Crippen LogP contribution in [0, 0.1) is 17.7 Å². The summed E-state index contributed by atoms with van der Waals surface area (Å²) in [4.78, 5) is 0. The van der Waals surface area contributed by atoms with Crippen LogP contribution in [-0.4, -0.2) is 6.54 Å². The summed E-state index contributed by atoms with van der Waals surface area (Å²) in [5.41, 5.74) is -0.586. The van der Waals surface area contributed by atoms with Gasteiger partial charge in [-0.3, -0.25) is 0 Å². The van der Waals surface area contributed by atoms with E-state index in [4.69, 9.17) is 0 Å². The Labute approximate surface area is 122 Å². The van der Waals surface area contributed by atoms with Crippen molar-refractivity contribution in [1.82, 2.24) is 5.32 Å². The van der Waals surface area contributed by atoms with Crippen LogP contribution in [0.5, 0.6) is 0 Å². The van der Waals surface area contributed by atoms with Crippen molar-refractivity contribution < 1.29 is 17.6 Å². The van der Waals surface area contributed by atoms with Gasteiger partial charge >= 0.3 is 6.18 Å². The molecule has 118 valence electrons. The van der Waals surface area contributed by atoms with E-state index < -0.39 is 17.6 Å². The molecule has 1 fully saturated rings. The van der Waals surface area contributed by atoms with Crippen molar-refractivity contribution in [2.45, 2.75) is 45.3 Å². The SMILES string of the molecule is CC1CCCC(CNCc2cc(F)cc(C(F)(F)F)c2)C1. The van der Waals surface area contributed by atoms with Gasteiger partial charge in [0.05, 0.1) is 5.56 Å². The molecule has 2 unspecified atom stereocenters. The molecule has 0 aromatic heterocycles. The van der Waals surface area contributed by atoms with Gasteiger partial charge in [0.15, 0.2) is 0 Å². The van der Waals surface area contributed by atoms with Crippen LogP contribution in [0.3, 0.4) is 0 Å². The molecule has 1 saturated carbocycles. The predicted octanol–water partition coefficient (Wildman–Crippen LogP) is 4.76. The van der Waals surface area contributed by atoms with Gasteiger partial charge in [0.25, 0.3) is 0 Å². The second kappa shape index (κ2) is 6.77. The quantitative estimate of drug-likeness (QED) is 0.791. The third-order valence-corrected chi connectivity index (χ3v) is 4.09. The highest BCUT2D eigenvalue weighted by Crippen LogP contribution is 2.31. The standard InChI is InChI=1S/C16H21F4N/c1-11-3-2-4-12(5-11)9-21-10-13-6-14(16(18,19)20)8-15(17)7-13/h6-8,11-12,21H,2-5,9-10H2,1H3. The normalized spacial score (nSPS) is 23.3. The van der Waals surface area contributed by atoms with Crippen molar-refractivity contribution in [3.05, 3.63) is 35.1 Å². The minimum Gasteiger partial charge on any atom is -0.312 e. The summed E-state index contributed by atoms with van der Waals surface area (Å²) in [6, 6.07) is 2.71. The van der Waals surface area contributed by atoms with Crippen LogP contribution >= 0.6 is 0 Å². The molecule has 1 nitrogen and oxygen atoms in total. The van der Waals surface area contributed by atoms with Gasteiger partial charge in [-0.25, -0.2) is 4.39 Å². The molecular weight excluding hydrogens is 282 g/mol. The molecule has 1 N–H and O–H groups in total. The number of nitrogens with one attached hydrogen (secondary N) is 1. The van der Waals surface area contributed by atoms with Crippen LogP contribution in [0.1, 0.15) is 43.7 Å². The first-order valence-electron chi connectivity index (χ1n) is 7.42. The number of benzene rings is 1. The van der Waals surface area contributed by atoms with E-state index in [0.29, 0.717) is 17.5 Å². The summed E-state index contributed by atoms with van der Waals surface area (Å²) < 4.78 is 51.1. The number of halogens is 4. The smallest absolute Gasteiger partial charge is 0.312 e. The van der Waals surface area contributed by atoms with Gasteiger partial charge in [-0.1, -0.05) is 19.8 Å². The molecule has 0 heterocycles. The van der Waals surface area contributed by atoms with E-state index in [9.17, 15) is 17.6 Å².